The Morgan fingerprint density at radius 1 is 1.30 bits per heavy atom. The molecule has 0 aliphatic rings. The number of thiophene rings is 1. The van der Waals surface area contributed by atoms with Crippen LogP contribution < -0.4 is 10.2 Å². The molecule has 2 aromatic heterocycles. The van der Waals surface area contributed by atoms with Crippen LogP contribution in [0.5, 0.6) is 0 Å². The van der Waals surface area contributed by atoms with Crippen molar-refractivity contribution in [3.05, 3.63) is 53.2 Å². The summed E-state index contributed by atoms with van der Waals surface area (Å²) in [6, 6.07) is 6.82. The number of halogens is 2. The van der Waals surface area contributed by atoms with Crippen molar-refractivity contribution in [3.63, 3.8) is 0 Å². The van der Waals surface area contributed by atoms with Crippen LogP contribution >= 0.6 is 11.3 Å². The Morgan fingerprint density at radius 2 is 2.15 bits per heavy atom. The molecule has 2 heterocycles. The molecule has 0 bridgehead atoms. The van der Waals surface area contributed by atoms with Crippen LogP contribution in [-0.4, -0.2) is 29.2 Å². The summed E-state index contributed by atoms with van der Waals surface area (Å²) in [4.78, 5) is 14.0. The molecule has 6 nitrogen and oxygen atoms in total. The number of quaternary nitrogens is 1. The minimum atomic E-state index is -0.808. The molecule has 27 heavy (non-hydrogen) atoms. The van der Waals surface area contributed by atoms with Crippen LogP contribution in [0.25, 0.3) is 10.8 Å². The summed E-state index contributed by atoms with van der Waals surface area (Å²) in [5, 5.41) is 12.5. The van der Waals surface area contributed by atoms with Gasteiger partial charge < -0.3 is 14.6 Å². The first-order valence-corrected chi connectivity index (χ1v) is 9.38. The number of hydrogen-bond donors (Lipinski definition) is 2. The monoisotopic (exact) mass is 393 g/mol. The van der Waals surface area contributed by atoms with Gasteiger partial charge in [-0.1, -0.05) is 13.0 Å². The average molecular weight is 393 g/mol. The van der Waals surface area contributed by atoms with Gasteiger partial charge in [-0.2, -0.15) is 0 Å². The van der Waals surface area contributed by atoms with Crippen LogP contribution in [0.4, 0.5) is 14.5 Å². The molecule has 3 rings (SSSR count). The summed E-state index contributed by atoms with van der Waals surface area (Å²) in [5.74, 6) is -0.988. The molecular weight excluding hydrogens is 374 g/mol. The third kappa shape index (κ3) is 5.18. The lowest BCUT2D eigenvalue weighted by Gasteiger charge is -2.16. The van der Waals surface area contributed by atoms with Crippen molar-refractivity contribution in [2.45, 2.75) is 19.9 Å². The molecule has 1 aromatic carbocycles. The fourth-order valence-corrected chi connectivity index (χ4v) is 3.29. The summed E-state index contributed by atoms with van der Waals surface area (Å²) in [6.07, 6.45) is 0.847. The van der Waals surface area contributed by atoms with Crippen LogP contribution in [0.1, 0.15) is 19.2 Å². The van der Waals surface area contributed by atoms with Crippen molar-refractivity contribution in [2.24, 2.45) is 0 Å². The lowest BCUT2D eigenvalue weighted by molar-refractivity contribution is -0.907. The van der Waals surface area contributed by atoms with Crippen LogP contribution in [0.2, 0.25) is 0 Å². The predicted octanol–water partition coefficient (Wildman–Crippen LogP) is 2.51. The van der Waals surface area contributed by atoms with Crippen molar-refractivity contribution in [2.75, 3.05) is 18.4 Å². The van der Waals surface area contributed by atoms with Gasteiger partial charge in [0.05, 0.1) is 17.1 Å². The lowest BCUT2D eigenvalue weighted by Crippen LogP contribution is -3.11. The Hall–Kier alpha value is -2.65. The van der Waals surface area contributed by atoms with E-state index in [1.807, 2.05) is 24.4 Å². The van der Waals surface area contributed by atoms with E-state index in [9.17, 15) is 13.6 Å². The highest BCUT2D eigenvalue weighted by molar-refractivity contribution is 7.13. The van der Waals surface area contributed by atoms with E-state index in [0.29, 0.717) is 24.9 Å². The van der Waals surface area contributed by atoms with Gasteiger partial charge in [-0.25, -0.2) is 8.78 Å². The number of nitrogens with zero attached hydrogens (tertiary/aromatic N) is 2. The van der Waals surface area contributed by atoms with Gasteiger partial charge in [0, 0.05) is 6.07 Å². The molecular formula is C18H19F2N4O2S+. The average Bonchev–Trinajstić information content (AvgIpc) is 3.29. The van der Waals surface area contributed by atoms with Gasteiger partial charge in [0.2, 0.25) is 0 Å². The highest BCUT2D eigenvalue weighted by Gasteiger charge is 2.19. The molecule has 9 heteroatoms. The minimum absolute atomic E-state index is 0.0463. The number of carbonyl (C=O) groups is 1. The smallest absolute Gasteiger partial charge is 0.279 e. The fraction of sp³-hybridized carbons (Fsp3) is 0.278. The van der Waals surface area contributed by atoms with Gasteiger partial charge in [-0.05, 0) is 30.0 Å². The van der Waals surface area contributed by atoms with Gasteiger partial charge in [-0.15, -0.1) is 21.5 Å². The summed E-state index contributed by atoms with van der Waals surface area (Å²) in [5.41, 5.74) is -0.0463. The van der Waals surface area contributed by atoms with Crippen LogP contribution in [0.15, 0.2) is 40.1 Å². The molecule has 0 radical (unpaired) electrons. The molecule has 1 unspecified atom stereocenters. The summed E-state index contributed by atoms with van der Waals surface area (Å²) in [7, 11) is 0. The normalized spacial score (nSPS) is 12.1. The van der Waals surface area contributed by atoms with Crippen molar-refractivity contribution in [3.8, 4) is 10.8 Å². The number of anilines is 1. The summed E-state index contributed by atoms with van der Waals surface area (Å²) in [6.45, 7) is 3.19. The first-order valence-electron chi connectivity index (χ1n) is 8.50. The van der Waals surface area contributed by atoms with E-state index in [2.05, 4.69) is 15.5 Å². The SMILES string of the molecule is CCC[NH+](CC(=O)Nc1ccc(F)cc1F)Cc1nnc(-c2cccs2)o1. The van der Waals surface area contributed by atoms with Crippen molar-refractivity contribution >= 4 is 22.9 Å². The van der Waals surface area contributed by atoms with Gasteiger partial charge in [0.15, 0.2) is 13.1 Å². The quantitative estimate of drug-likeness (QED) is 0.617. The number of hydrogen-bond acceptors (Lipinski definition) is 5. The van der Waals surface area contributed by atoms with Crippen LogP contribution in [-0.2, 0) is 11.3 Å². The van der Waals surface area contributed by atoms with Gasteiger partial charge in [0.25, 0.3) is 17.7 Å². The molecule has 0 aliphatic carbocycles. The number of rotatable bonds is 8. The number of nitrogens with one attached hydrogen (secondary N) is 2. The molecule has 0 saturated heterocycles. The van der Waals surface area contributed by atoms with Gasteiger partial charge in [-0.3, -0.25) is 4.79 Å². The van der Waals surface area contributed by atoms with E-state index >= 15 is 0 Å². The van der Waals surface area contributed by atoms with Gasteiger partial charge >= 0.3 is 0 Å². The second-order valence-corrected chi connectivity index (χ2v) is 6.95. The summed E-state index contributed by atoms with van der Waals surface area (Å²) < 4.78 is 32.3. The first-order chi connectivity index (χ1) is 13.0. The van der Waals surface area contributed by atoms with Crippen LogP contribution in [0, 0.1) is 11.6 Å². The maximum Gasteiger partial charge on any atom is 0.279 e. The van der Waals surface area contributed by atoms with Crippen LogP contribution in [0.3, 0.4) is 0 Å². The van der Waals surface area contributed by atoms with E-state index < -0.39 is 11.6 Å². The van der Waals surface area contributed by atoms with E-state index in [0.717, 1.165) is 28.3 Å². The Kier molecular flexibility index (Phi) is 6.25. The molecule has 1 amide bonds. The summed E-state index contributed by atoms with van der Waals surface area (Å²) >= 11 is 1.50. The Bertz CT molecular complexity index is 899. The zero-order valence-corrected chi connectivity index (χ0v) is 15.5. The minimum Gasteiger partial charge on any atom is -0.414 e. The largest absolute Gasteiger partial charge is 0.414 e. The lowest BCUT2D eigenvalue weighted by atomic mass is 10.3. The topological polar surface area (TPSA) is 72.5 Å². The van der Waals surface area contributed by atoms with E-state index in [1.165, 1.54) is 17.4 Å². The molecule has 0 spiro atoms. The maximum atomic E-state index is 13.7. The first kappa shape index (κ1) is 19.1. The maximum absolute atomic E-state index is 13.7. The predicted molar refractivity (Wildman–Crippen MR) is 97.3 cm³/mol. The second kappa shape index (κ2) is 8.83. The highest BCUT2D eigenvalue weighted by Crippen LogP contribution is 2.22. The number of carbonyl (C=O) groups excluding carboxylic acids is 1. The Balaban J connectivity index is 1.62. The molecule has 3 aromatic rings. The zero-order valence-electron chi connectivity index (χ0n) is 14.7. The molecule has 2 N–H and O–H groups in total. The number of amides is 1. The second-order valence-electron chi connectivity index (χ2n) is 6.00. The van der Waals surface area contributed by atoms with E-state index in [-0.39, 0.29) is 18.1 Å². The Labute approximate surface area is 158 Å². The molecule has 0 saturated carbocycles. The van der Waals surface area contributed by atoms with Crippen molar-refractivity contribution in [1.29, 1.82) is 0 Å². The third-order valence-corrected chi connectivity index (χ3v) is 4.68. The molecule has 1 atom stereocenters. The van der Waals surface area contributed by atoms with Gasteiger partial charge in [0.1, 0.15) is 11.6 Å². The fourth-order valence-electron chi connectivity index (χ4n) is 2.64. The molecule has 142 valence electrons. The molecule has 0 aliphatic heterocycles. The zero-order chi connectivity index (χ0) is 19.2. The molecule has 0 fully saturated rings. The Morgan fingerprint density at radius 3 is 2.85 bits per heavy atom. The number of aromatic nitrogens is 2. The van der Waals surface area contributed by atoms with Crippen molar-refractivity contribution < 1.29 is 22.9 Å². The standard InChI is InChI=1S/C18H18F2N4O2S/c1-2-7-24(10-16(25)21-14-6-5-12(19)9-13(14)20)11-17-22-23-18(26-17)15-4-3-8-27-15/h3-6,8-9H,2,7,10-11H2,1H3,(H,21,25)/p+1. The van der Waals surface area contributed by atoms with E-state index in [1.54, 1.807) is 0 Å². The third-order valence-electron chi connectivity index (χ3n) is 3.82. The number of benzene rings is 1. The highest BCUT2D eigenvalue weighted by atomic mass is 32.1. The van der Waals surface area contributed by atoms with E-state index in [4.69, 9.17) is 4.42 Å². The van der Waals surface area contributed by atoms with Crippen molar-refractivity contribution in [1.82, 2.24) is 10.2 Å².